The molecule has 150 valence electrons. The molecule has 0 amide bonds. The highest BCUT2D eigenvalue weighted by atomic mass is 16.4. The Kier molecular flexibility index (Phi) is 3.04. The van der Waals surface area contributed by atoms with Gasteiger partial charge in [0.25, 0.3) is 0 Å². The molecule has 0 aliphatic heterocycles. The van der Waals surface area contributed by atoms with Crippen molar-refractivity contribution in [2.24, 2.45) is 0 Å². The Morgan fingerprint density at radius 2 is 2.03 bits per heavy atom. The summed E-state index contributed by atoms with van der Waals surface area (Å²) >= 11 is 0. The number of rotatable bonds is 9. The monoisotopic (exact) mass is 404 g/mol. The number of hydrogen-bond acceptors (Lipinski definition) is 3. The van der Waals surface area contributed by atoms with Crippen molar-refractivity contribution in [2.45, 2.75) is 25.8 Å². The van der Waals surface area contributed by atoms with E-state index in [2.05, 4.69) is 0 Å². The summed E-state index contributed by atoms with van der Waals surface area (Å²) < 4.78 is 124. The molecular weight excluding hydrogens is 362 g/mol. The van der Waals surface area contributed by atoms with Gasteiger partial charge in [0.2, 0.25) is 0 Å². The van der Waals surface area contributed by atoms with E-state index in [9.17, 15) is 15.0 Å². The van der Waals surface area contributed by atoms with Crippen LogP contribution in [-0.2, 0) is 6.42 Å². The molecule has 0 aliphatic rings. The molecule has 0 radical (unpaired) electrons. The Bertz CT molecular complexity index is 1630. The SMILES string of the molecule is [2H]c1c([2H])c(CC([2H])([2H])C([2H])([2H])NC([2H])([2H])[C@]([2H])(O)c2c([2H])c([2H])c([2H])c(C)c2[2H])c([2H])c(-c2cccc(C(=O)O)c2)c1[2H]. The van der Waals surface area contributed by atoms with Crippen molar-refractivity contribution in [2.75, 3.05) is 13.0 Å². The van der Waals surface area contributed by atoms with Crippen molar-refractivity contribution in [3.8, 4) is 11.1 Å². The standard InChI is InChI=1S/C25H27NO3/c1-18-6-2-11-22(14-18)24(27)17-26-13-5-8-19-7-3-9-20(15-19)21-10-4-12-23(16-21)25(28)29/h2-4,6-7,9-12,14-16,24,26-27H,5,8,13,17H2,1H3,(H,28,29)/t24-/m0/s1/i2D,3D,5D2,6D,7D,9D,11D,13D2,14D,15D,17D2,24D. The number of carboxylic acids is 1. The van der Waals surface area contributed by atoms with Crippen LogP contribution in [0.1, 0.15) is 60.1 Å². The number of carboxylic acid groups (broad SMARTS) is 1. The molecule has 0 saturated carbocycles. The maximum Gasteiger partial charge on any atom is 0.335 e. The Morgan fingerprint density at radius 1 is 1.21 bits per heavy atom. The zero-order valence-corrected chi connectivity index (χ0v) is 15.3. The molecule has 29 heavy (non-hydrogen) atoms. The van der Waals surface area contributed by atoms with Gasteiger partial charge in [-0.2, -0.15) is 0 Å². The van der Waals surface area contributed by atoms with Gasteiger partial charge in [0, 0.05) is 14.7 Å². The average molecular weight is 405 g/mol. The number of hydrogen-bond donors (Lipinski definition) is 3. The summed E-state index contributed by atoms with van der Waals surface area (Å²) in [7, 11) is 0. The molecule has 0 fully saturated rings. The normalized spacial score (nSPS) is 21.9. The summed E-state index contributed by atoms with van der Waals surface area (Å²) in [5.74, 6) is -1.33. The van der Waals surface area contributed by atoms with Crippen LogP contribution in [-0.4, -0.2) is 29.2 Å². The van der Waals surface area contributed by atoms with Gasteiger partial charge >= 0.3 is 5.97 Å². The first-order chi connectivity index (χ1) is 19.9. The van der Waals surface area contributed by atoms with Crippen molar-refractivity contribution in [1.29, 1.82) is 0 Å². The van der Waals surface area contributed by atoms with Gasteiger partial charge in [0.15, 0.2) is 0 Å². The quantitative estimate of drug-likeness (QED) is 0.487. The van der Waals surface area contributed by atoms with Crippen LogP contribution in [0.2, 0.25) is 0 Å². The predicted molar refractivity (Wildman–Crippen MR) is 116 cm³/mol. The van der Waals surface area contributed by atoms with E-state index in [-0.39, 0.29) is 22.3 Å². The number of nitrogens with one attached hydrogen (secondary N) is 1. The van der Waals surface area contributed by atoms with Gasteiger partial charge < -0.3 is 15.5 Å². The van der Waals surface area contributed by atoms with Gasteiger partial charge in [0.05, 0.1) is 24.0 Å². The molecule has 3 N–H and O–H groups in total. The first-order valence-electron chi connectivity index (χ1n) is 15.9. The van der Waals surface area contributed by atoms with Crippen molar-refractivity contribution >= 4 is 5.97 Å². The van der Waals surface area contributed by atoms with E-state index in [4.69, 9.17) is 20.6 Å². The fourth-order valence-electron chi connectivity index (χ4n) is 2.31. The number of aromatic carboxylic acids is 1. The lowest BCUT2D eigenvalue weighted by molar-refractivity contribution is 0.0697. The molecule has 0 spiro atoms. The minimum atomic E-state index is -3.66. The Hall–Kier alpha value is -2.95. The molecule has 0 bridgehead atoms. The second-order valence-corrected chi connectivity index (χ2v) is 5.82. The van der Waals surface area contributed by atoms with Crippen LogP contribution < -0.4 is 5.32 Å². The van der Waals surface area contributed by atoms with E-state index in [0.717, 1.165) is 6.07 Å². The van der Waals surface area contributed by atoms with Crippen LogP contribution in [0.3, 0.4) is 0 Å². The third kappa shape index (κ3) is 6.01. The largest absolute Gasteiger partial charge is 0.478 e. The summed E-state index contributed by atoms with van der Waals surface area (Å²) in [5.41, 5.74) is -2.45. The molecule has 0 saturated heterocycles. The second-order valence-electron chi connectivity index (χ2n) is 5.82. The Labute approximate surface area is 192 Å². The predicted octanol–water partition coefficient (Wildman–Crippen LogP) is 4.62. The minimum absolute atomic E-state index is 0.00731. The van der Waals surface area contributed by atoms with Gasteiger partial charge in [-0.3, -0.25) is 0 Å². The molecule has 0 aliphatic carbocycles. The van der Waals surface area contributed by atoms with Gasteiger partial charge in [-0.1, -0.05) is 66.0 Å². The number of benzene rings is 3. The number of aliphatic hydroxyl groups is 1. The average Bonchev–Trinajstić information content (AvgIpc) is 2.91. The Morgan fingerprint density at radius 3 is 2.86 bits per heavy atom. The topological polar surface area (TPSA) is 69.6 Å². The van der Waals surface area contributed by atoms with Crippen LogP contribution in [0.5, 0.6) is 0 Å². The maximum absolute atomic E-state index is 11.4. The zero-order chi connectivity index (χ0) is 33.9. The number of carbonyl (C=O) groups is 1. The molecule has 3 aromatic carbocycles. The van der Waals surface area contributed by atoms with E-state index in [1.54, 1.807) is 5.32 Å². The van der Waals surface area contributed by atoms with Crippen molar-refractivity contribution in [3.63, 3.8) is 0 Å². The third-order valence-electron chi connectivity index (χ3n) is 3.66. The first kappa shape index (κ1) is 8.82. The summed E-state index contributed by atoms with van der Waals surface area (Å²) in [4.78, 5) is 11.4. The fourth-order valence-corrected chi connectivity index (χ4v) is 2.31. The van der Waals surface area contributed by atoms with Gasteiger partial charge in [0.1, 0.15) is 0 Å². The van der Waals surface area contributed by atoms with E-state index in [1.807, 2.05) is 0 Å². The highest BCUT2D eigenvalue weighted by Gasteiger charge is 2.07. The second kappa shape index (κ2) is 10.0. The lowest BCUT2D eigenvalue weighted by Crippen LogP contribution is -2.22. The highest BCUT2D eigenvalue weighted by Crippen LogP contribution is 2.22. The first-order valence-corrected chi connectivity index (χ1v) is 8.43. The van der Waals surface area contributed by atoms with Crippen molar-refractivity contribution in [1.82, 2.24) is 5.32 Å². The Balaban J connectivity index is 2.10. The third-order valence-corrected chi connectivity index (χ3v) is 3.66. The summed E-state index contributed by atoms with van der Waals surface area (Å²) in [6, 6.07) is -1.13. The van der Waals surface area contributed by atoms with E-state index in [0.29, 0.717) is 0 Å². The summed E-state index contributed by atoms with van der Waals surface area (Å²) in [6.07, 6.45) is -8.08. The van der Waals surface area contributed by atoms with Crippen molar-refractivity contribution in [3.05, 3.63) is 94.9 Å². The molecule has 4 nitrogen and oxygen atoms in total. The molecule has 4 heteroatoms. The molecular formula is C25H27NO3. The van der Waals surface area contributed by atoms with Crippen LogP contribution in [0.25, 0.3) is 11.1 Å². The van der Waals surface area contributed by atoms with Crippen LogP contribution in [0.15, 0.2) is 72.6 Å². The smallest absolute Gasteiger partial charge is 0.335 e. The van der Waals surface area contributed by atoms with Crippen LogP contribution in [0.4, 0.5) is 0 Å². The van der Waals surface area contributed by atoms with E-state index >= 15 is 0 Å². The van der Waals surface area contributed by atoms with E-state index in [1.165, 1.54) is 25.1 Å². The maximum atomic E-state index is 11.4. The van der Waals surface area contributed by atoms with E-state index < -0.39 is 97.3 Å². The van der Waals surface area contributed by atoms with Gasteiger partial charge in [-0.25, -0.2) is 4.79 Å². The molecule has 0 heterocycles. The minimum Gasteiger partial charge on any atom is -0.478 e. The summed E-state index contributed by atoms with van der Waals surface area (Å²) in [5, 5.41) is 21.8. The zero-order valence-electron chi connectivity index (χ0n) is 30.3. The van der Waals surface area contributed by atoms with Gasteiger partial charge in [-0.05, 0) is 60.6 Å². The molecule has 1 atom stereocenters. The lowest BCUT2D eigenvalue weighted by Gasteiger charge is -2.13. The molecule has 0 unspecified atom stereocenters. The lowest BCUT2D eigenvalue weighted by atomic mass is 9.99. The highest BCUT2D eigenvalue weighted by molar-refractivity contribution is 5.89. The van der Waals surface area contributed by atoms with Crippen molar-refractivity contribution < 1.29 is 35.6 Å². The molecule has 3 rings (SSSR count). The van der Waals surface area contributed by atoms with Crippen LogP contribution in [0, 0.1) is 6.92 Å². The van der Waals surface area contributed by atoms with Crippen LogP contribution >= 0.6 is 0 Å². The summed E-state index contributed by atoms with van der Waals surface area (Å²) in [6.45, 7) is -6.00. The molecule has 0 aromatic heterocycles. The fraction of sp³-hybridized carbons (Fsp3) is 0.240. The van der Waals surface area contributed by atoms with Gasteiger partial charge in [-0.15, -0.1) is 0 Å². The molecule has 3 aromatic rings.